The Bertz CT molecular complexity index is 588. The van der Waals surface area contributed by atoms with E-state index >= 15 is 0 Å². The van der Waals surface area contributed by atoms with E-state index in [0.717, 1.165) is 0 Å². The van der Waals surface area contributed by atoms with E-state index in [0.29, 0.717) is 28.9 Å². The third-order valence-electron chi connectivity index (χ3n) is 3.27. The van der Waals surface area contributed by atoms with Crippen molar-refractivity contribution >= 4 is 31.6 Å². The second-order valence-corrected chi connectivity index (χ2v) is 7.85. The zero-order valence-corrected chi connectivity index (χ0v) is 15.2. The lowest BCUT2D eigenvalue weighted by molar-refractivity contribution is 0.116. The molecule has 21 heavy (non-hydrogen) atoms. The summed E-state index contributed by atoms with van der Waals surface area (Å²) in [5.74, 6) is 0.121. The number of anilines is 1. The van der Waals surface area contributed by atoms with Crippen LogP contribution in [0.15, 0.2) is 21.5 Å². The van der Waals surface area contributed by atoms with Crippen molar-refractivity contribution in [3.05, 3.63) is 22.2 Å². The maximum Gasteiger partial charge on any atom is 0.241 e. The highest BCUT2D eigenvalue weighted by molar-refractivity contribution is 9.10. The molecule has 5 nitrogen and oxygen atoms in total. The number of halogens is 1. The molecule has 0 aliphatic carbocycles. The number of hydrogen-bond acceptors (Lipinski definition) is 4. The number of ether oxygens (including phenoxy) is 1. The third-order valence-corrected chi connectivity index (χ3v) is 5.34. The first-order valence-electron chi connectivity index (χ1n) is 6.84. The summed E-state index contributed by atoms with van der Waals surface area (Å²) in [5, 5.41) is 0. The standard InChI is InChI=1S/C14H23BrN2O3S/c1-5-20-8-13(9(2)3)17-21(18,19)14-7-11(15)6-12(16)10(14)4/h6-7,9,13,17H,5,8,16H2,1-4H3. The molecule has 0 spiro atoms. The van der Waals surface area contributed by atoms with Gasteiger partial charge in [0.1, 0.15) is 0 Å². The van der Waals surface area contributed by atoms with E-state index in [1.807, 2.05) is 20.8 Å². The van der Waals surface area contributed by atoms with Crippen LogP contribution in [0.25, 0.3) is 0 Å². The maximum absolute atomic E-state index is 12.6. The van der Waals surface area contributed by atoms with E-state index < -0.39 is 10.0 Å². The average Bonchev–Trinajstić information content (AvgIpc) is 2.38. The fourth-order valence-electron chi connectivity index (χ4n) is 1.82. The lowest BCUT2D eigenvalue weighted by Gasteiger charge is -2.23. The van der Waals surface area contributed by atoms with Gasteiger partial charge >= 0.3 is 0 Å². The summed E-state index contributed by atoms with van der Waals surface area (Å²) in [5.41, 5.74) is 6.83. The van der Waals surface area contributed by atoms with Gasteiger partial charge in [0.2, 0.25) is 10.0 Å². The molecule has 1 aromatic carbocycles. The number of benzene rings is 1. The summed E-state index contributed by atoms with van der Waals surface area (Å²) in [7, 11) is -3.65. The molecule has 1 rings (SSSR count). The number of hydrogen-bond donors (Lipinski definition) is 2. The molecule has 7 heteroatoms. The van der Waals surface area contributed by atoms with Crippen LogP contribution in [0.2, 0.25) is 0 Å². The van der Waals surface area contributed by atoms with Crippen molar-refractivity contribution in [2.24, 2.45) is 5.92 Å². The van der Waals surface area contributed by atoms with Crippen LogP contribution in [0.5, 0.6) is 0 Å². The Morgan fingerprint density at radius 3 is 2.52 bits per heavy atom. The van der Waals surface area contributed by atoms with Gasteiger partial charge in [0.15, 0.2) is 0 Å². The molecular weight excluding hydrogens is 356 g/mol. The monoisotopic (exact) mass is 378 g/mol. The topological polar surface area (TPSA) is 81.4 Å². The first-order chi connectivity index (χ1) is 9.69. The van der Waals surface area contributed by atoms with Crippen LogP contribution in [-0.4, -0.2) is 27.7 Å². The zero-order chi connectivity index (χ0) is 16.2. The fraction of sp³-hybridized carbons (Fsp3) is 0.571. The highest BCUT2D eigenvalue weighted by Gasteiger charge is 2.25. The van der Waals surface area contributed by atoms with Crippen molar-refractivity contribution in [1.29, 1.82) is 0 Å². The molecule has 0 amide bonds. The average molecular weight is 379 g/mol. The second kappa shape index (κ2) is 7.58. The molecule has 0 saturated heterocycles. The van der Waals surface area contributed by atoms with Gasteiger partial charge in [-0.3, -0.25) is 0 Å². The molecule has 1 aromatic rings. The van der Waals surface area contributed by atoms with E-state index in [1.54, 1.807) is 19.1 Å². The summed E-state index contributed by atoms with van der Waals surface area (Å²) < 4.78 is 33.9. The SMILES string of the molecule is CCOCC(NS(=O)(=O)c1cc(Br)cc(N)c1C)C(C)C. The van der Waals surface area contributed by atoms with Crippen LogP contribution in [0, 0.1) is 12.8 Å². The highest BCUT2D eigenvalue weighted by atomic mass is 79.9. The summed E-state index contributed by atoms with van der Waals surface area (Å²) in [4.78, 5) is 0.191. The summed E-state index contributed by atoms with van der Waals surface area (Å²) in [6.07, 6.45) is 0. The number of sulfonamides is 1. The highest BCUT2D eigenvalue weighted by Crippen LogP contribution is 2.26. The molecule has 0 radical (unpaired) electrons. The predicted octanol–water partition coefficient (Wildman–Crippen LogP) is 2.68. The normalized spacial score (nSPS) is 13.6. The van der Waals surface area contributed by atoms with Crippen molar-refractivity contribution in [3.8, 4) is 0 Å². The summed E-state index contributed by atoms with van der Waals surface area (Å²) in [6, 6.07) is 2.97. The van der Waals surface area contributed by atoms with Crippen molar-refractivity contribution in [2.45, 2.75) is 38.6 Å². The number of nitrogens with one attached hydrogen (secondary N) is 1. The predicted molar refractivity (Wildman–Crippen MR) is 88.7 cm³/mol. The lowest BCUT2D eigenvalue weighted by atomic mass is 10.1. The first-order valence-corrected chi connectivity index (χ1v) is 9.12. The molecule has 1 atom stereocenters. The second-order valence-electron chi connectivity index (χ2n) is 5.25. The molecule has 120 valence electrons. The van der Waals surface area contributed by atoms with Gasteiger partial charge in [-0.25, -0.2) is 13.1 Å². The van der Waals surface area contributed by atoms with Crippen LogP contribution in [0.4, 0.5) is 5.69 Å². The minimum absolute atomic E-state index is 0.121. The number of nitrogens with two attached hydrogens (primary N) is 1. The molecule has 1 unspecified atom stereocenters. The Balaban J connectivity index is 3.10. The van der Waals surface area contributed by atoms with Crippen molar-refractivity contribution in [2.75, 3.05) is 18.9 Å². The van der Waals surface area contributed by atoms with Gasteiger partial charge in [-0.2, -0.15) is 0 Å². The summed E-state index contributed by atoms with van der Waals surface area (Å²) >= 11 is 3.28. The van der Waals surface area contributed by atoms with Crippen LogP contribution >= 0.6 is 15.9 Å². The van der Waals surface area contributed by atoms with Gasteiger partial charge in [-0.1, -0.05) is 29.8 Å². The molecule has 0 aromatic heterocycles. The molecule has 0 heterocycles. The van der Waals surface area contributed by atoms with Crippen LogP contribution in [0.3, 0.4) is 0 Å². The third kappa shape index (κ3) is 4.95. The fourth-order valence-corrected chi connectivity index (χ4v) is 4.12. The van der Waals surface area contributed by atoms with Crippen LogP contribution < -0.4 is 10.5 Å². The molecular formula is C14H23BrN2O3S. The van der Waals surface area contributed by atoms with E-state index in [-0.39, 0.29) is 16.9 Å². The molecule has 0 saturated carbocycles. The Labute approximate surface area is 135 Å². The minimum atomic E-state index is -3.65. The zero-order valence-electron chi connectivity index (χ0n) is 12.8. The Hall–Kier alpha value is -0.630. The quantitative estimate of drug-likeness (QED) is 0.714. The Morgan fingerprint density at radius 1 is 1.38 bits per heavy atom. The number of rotatable bonds is 7. The number of nitrogen functional groups attached to an aromatic ring is 1. The largest absolute Gasteiger partial charge is 0.398 e. The Morgan fingerprint density at radius 2 is 2.00 bits per heavy atom. The van der Waals surface area contributed by atoms with Gasteiger partial charge in [0.05, 0.1) is 11.5 Å². The van der Waals surface area contributed by atoms with Gasteiger partial charge in [-0.05, 0) is 37.5 Å². The smallest absolute Gasteiger partial charge is 0.241 e. The van der Waals surface area contributed by atoms with Crippen LogP contribution in [-0.2, 0) is 14.8 Å². The van der Waals surface area contributed by atoms with Gasteiger partial charge in [-0.15, -0.1) is 0 Å². The van der Waals surface area contributed by atoms with Crippen molar-refractivity contribution < 1.29 is 13.2 Å². The molecule has 0 bridgehead atoms. The molecule has 0 aliphatic rings. The van der Waals surface area contributed by atoms with Gasteiger partial charge in [0, 0.05) is 22.8 Å². The van der Waals surface area contributed by atoms with E-state index in [4.69, 9.17) is 10.5 Å². The Kier molecular flexibility index (Phi) is 6.65. The summed E-state index contributed by atoms with van der Waals surface area (Å²) in [6.45, 7) is 8.38. The first kappa shape index (κ1) is 18.4. The minimum Gasteiger partial charge on any atom is -0.398 e. The van der Waals surface area contributed by atoms with Crippen molar-refractivity contribution in [3.63, 3.8) is 0 Å². The van der Waals surface area contributed by atoms with Gasteiger partial charge in [0.25, 0.3) is 0 Å². The molecule has 0 aliphatic heterocycles. The lowest BCUT2D eigenvalue weighted by Crippen LogP contribution is -2.42. The van der Waals surface area contributed by atoms with Crippen LogP contribution in [0.1, 0.15) is 26.3 Å². The van der Waals surface area contributed by atoms with Crippen molar-refractivity contribution in [1.82, 2.24) is 4.72 Å². The molecule has 0 fully saturated rings. The van der Waals surface area contributed by atoms with Gasteiger partial charge < -0.3 is 10.5 Å². The molecule has 3 N–H and O–H groups in total. The van der Waals surface area contributed by atoms with E-state index in [1.165, 1.54) is 0 Å². The van der Waals surface area contributed by atoms with E-state index in [9.17, 15) is 8.42 Å². The van der Waals surface area contributed by atoms with E-state index in [2.05, 4.69) is 20.7 Å². The maximum atomic E-state index is 12.6.